The molecule has 152 valence electrons. The van der Waals surface area contributed by atoms with Crippen molar-refractivity contribution >= 4 is 39.0 Å². The lowest BCUT2D eigenvalue weighted by Gasteiger charge is -2.08. The van der Waals surface area contributed by atoms with Crippen LogP contribution in [0.3, 0.4) is 0 Å². The maximum Gasteiger partial charge on any atom is 0.387 e. The third kappa shape index (κ3) is 3.82. The molecule has 0 bridgehead atoms. The number of anilines is 1. The van der Waals surface area contributed by atoms with Crippen molar-refractivity contribution in [2.45, 2.75) is 6.61 Å². The second-order valence-corrected chi connectivity index (χ2v) is 6.91. The summed E-state index contributed by atoms with van der Waals surface area (Å²) in [5.74, 6) is -0.542. The number of aromatic amines is 1. The van der Waals surface area contributed by atoms with Crippen LogP contribution >= 0.6 is 11.3 Å². The van der Waals surface area contributed by atoms with E-state index in [4.69, 9.17) is 0 Å². The predicted octanol–water partition coefficient (Wildman–Crippen LogP) is 5.05. The number of hydrogen-bond acceptors (Lipinski definition) is 6. The molecule has 2 aromatic carbocycles. The summed E-state index contributed by atoms with van der Waals surface area (Å²) in [7, 11) is 0. The van der Waals surface area contributed by atoms with Gasteiger partial charge in [-0.1, -0.05) is 12.1 Å². The molecule has 0 atom stereocenters. The van der Waals surface area contributed by atoms with E-state index >= 15 is 0 Å². The van der Waals surface area contributed by atoms with Crippen molar-refractivity contribution < 1.29 is 23.2 Å². The third-order valence-corrected chi connectivity index (χ3v) is 4.98. The highest BCUT2D eigenvalue weighted by Gasteiger charge is 2.18. The lowest BCUT2D eigenvalue weighted by molar-refractivity contribution is -0.384. The van der Waals surface area contributed by atoms with Crippen LogP contribution in [0.5, 0.6) is 5.75 Å². The average Bonchev–Trinajstić information content (AvgIpc) is 3.34. The molecule has 2 aromatic heterocycles. The zero-order valence-corrected chi connectivity index (χ0v) is 15.8. The number of carbonyl (C=O) groups excluding carboxylic acids is 1. The van der Waals surface area contributed by atoms with Crippen LogP contribution in [0.2, 0.25) is 0 Å². The van der Waals surface area contributed by atoms with E-state index in [1.807, 2.05) is 0 Å². The zero-order valence-electron chi connectivity index (χ0n) is 15.0. The topological polar surface area (TPSA) is 110 Å². The summed E-state index contributed by atoms with van der Waals surface area (Å²) in [6, 6.07) is 10.4. The maximum atomic E-state index is 12.7. The summed E-state index contributed by atoms with van der Waals surface area (Å²) in [6.45, 7) is -2.98. The Morgan fingerprint density at radius 1 is 1.27 bits per heavy atom. The van der Waals surface area contributed by atoms with Gasteiger partial charge in [0.25, 0.3) is 11.6 Å². The van der Waals surface area contributed by atoms with E-state index in [0.717, 1.165) is 11.3 Å². The number of aromatic nitrogens is 2. The first-order chi connectivity index (χ1) is 14.4. The Morgan fingerprint density at radius 2 is 2.07 bits per heavy atom. The molecule has 11 heteroatoms. The van der Waals surface area contributed by atoms with Crippen LogP contribution in [-0.4, -0.2) is 27.4 Å². The molecule has 0 saturated carbocycles. The van der Waals surface area contributed by atoms with Crippen molar-refractivity contribution in [1.29, 1.82) is 0 Å². The van der Waals surface area contributed by atoms with Crippen molar-refractivity contribution in [3.8, 4) is 17.0 Å². The average molecular weight is 430 g/mol. The molecule has 2 N–H and O–H groups in total. The quantitative estimate of drug-likeness (QED) is 0.328. The molecule has 4 aromatic rings. The number of amides is 1. The van der Waals surface area contributed by atoms with Gasteiger partial charge in [0.1, 0.15) is 5.75 Å². The number of nitrogens with zero attached hydrogens (tertiary/aromatic N) is 2. The molecule has 2 heterocycles. The molecular formula is C19H12F2N4O4S. The van der Waals surface area contributed by atoms with Crippen LogP contribution in [0.1, 0.15) is 10.4 Å². The van der Waals surface area contributed by atoms with E-state index in [9.17, 15) is 23.7 Å². The molecule has 0 unspecified atom stereocenters. The number of para-hydroxylation sites is 1. The first kappa shape index (κ1) is 19.5. The third-order valence-electron chi connectivity index (χ3n) is 4.22. The Balaban J connectivity index is 1.59. The Kier molecular flexibility index (Phi) is 5.11. The summed E-state index contributed by atoms with van der Waals surface area (Å²) < 4.78 is 29.7. The van der Waals surface area contributed by atoms with Crippen LogP contribution in [0.15, 0.2) is 54.0 Å². The summed E-state index contributed by atoms with van der Waals surface area (Å²) in [4.78, 5) is 30.3. The van der Waals surface area contributed by atoms with Crippen LogP contribution in [0, 0.1) is 10.1 Å². The van der Waals surface area contributed by atoms with Crippen LogP contribution < -0.4 is 10.1 Å². The van der Waals surface area contributed by atoms with Gasteiger partial charge >= 0.3 is 6.61 Å². The fraction of sp³-hybridized carbons (Fsp3) is 0.0526. The van der Waals surface area contributed by atoms with E-state index < -0.39 is 17.4 Å². The highest BCUT2D eigenvalue weighted by molar-refractivity contribution is 7.14. The van der Waals surface area contributed by atoms with Gasteiger partial charge in [0.15, 0.2) is 5.13 Å². The summed E-state index contributed by atoms with van der Waals surface area (Å²) in [5.41, 5.74) is 1.37. The van der Waals surface area contributed by atoms with Gasteiger partial charge < -0.3 is 9.72 Å². The molecule has 0 fully saturated rings. The molecule has 30 heavy (non-hydrogen) atoms. The number of ether oxygens (including phenoxy) is 1. The van der Waals surface area contributed by atoms with Crippen LogP contribution in [-0.2, 0) is 0 Å². The fourth-order valence-electron chi connectivity index (χ4n) is 2.91. The van der Waals surface area contributed by atoms with E-state index in [-0.39, 0.29) is 22.1 Å². The SMILES string of the molecule is O=C(Nc1nc(-c2ccccc2OC(F)F)cs1)c1c[nH]c2ccc([N+](=O)[O-])cc12. The fourth-order valence-corrected chi connectivity index (χ4v) is 3.61. The predicted molar refractivity (Wildman–Crippen MR) is 107 cm³/mol. The molecule has 1 amide bonds. The number of fused-ring (bicyclic) bond motifs is 1. The highest BCUT2D eigenvalue weighted by Crippen LogP contribution is 2.33. The number of halogens is 2. The van der Waals surface area contributed by atoms with Crippen molar-refractivity contribution in [3.63, 3.8) is 0 Å². The second kappa shape index (κ2) is 7.87. The number of benzene rings is 2. The molecule has 0 aliphatic rings. The Hall–Kier alpha value is -3.86. The first-order valence-electron chi connectivity index (χ1n) is 8.49. The molecule has 0 spiro atoms. The first-order valence-corrected chi connectivity index (χ1v) is 9.37. The van der Waals surface area contributed by atoms with Gasteiger partial charge in [-0.25, -0.2) is 4.98 Å². The van der Waals surface area contributed by atoms with Gasteiger partial charge in [0, 0.05) is 40.2 Å². The number of nitro benzene ring substituents is 1. The maximum absolute atomic E-state index is 12.7. The molecule has 0 radical (unpaired) electrons. The van der Waals surface area contributed by atoms with Crippen molar-refractivity contribution in [3.05, 3.63) is 69.7 Å². The zero-order chi connectivity index (χ0) is 21.3. The van der Waals surface area contributed by atoms with Gasteiger partial charge in [-0.05, 0) is 18.2 Å². The monoisotopic (exact) mass is 430 g/mol. The lowest BCUT2D eigenvalue weighted by Crippen LogP contribution is -2.11. The largest absolute Gasteiger partial charge is 0.434 e. The highest BCUT2D eigenvalue weighted by atomic mass is 32.1. The summed E-state index contributed by atoms with van der Waals surface area (Å²) in [5, 5.41) is 15.9. The molecule has 0 saturated heterocycles. The summed E-state index contributed by atoms with van der Waals surface area (Å²) >= 11 is 1.11. The number of non-ortho nitro benzene ring substituents is 1. The molecule has 8 nitrogen and oxygen atoms in total. The van der Waals surface area contributed by atoms with Crippen molar-refractivity contribution in [2.75, 3.05) is 5.32 Å². The lowest BCUT2D eigenvalue weighted by atomic mass is 10.1. The number of thiazole rings is 1. The van der Waals surface area contributed by atoms with E-state index in [1.54, 1.807) is 23.6 Å². The molecule has 0 aliphatic heterocycles. The minimum Gasteiger partial charge on any atom is -0.434 e. The van der Waals surface area contributed by atoms with E-state index in [2.05, 4.69) is 20.0 Å². The Bertz CT molecular complexity index is 1250. The number of alkyl halides is 2. The van der Waals surface area contributed by atoms with E-state index in [0.29, 0.717) is 22.2 Å². The number of nitro groups is 1. The van der Waals surface area contributed by atoms with Gasteiger partial charge in [-0.15, -0.1) is 11.3 Å². The van der Waals surface area contributed by atoms with Crippen LogP contribution in [0.4, 0.5) is 19.6 Å². The minimum absolute atomic E-state index is 0.0281. The van der Waals surface area contributed by atoms with Crippen molar-refractivity contribution in [2.24, 2.45) is 0 Å². The van der Waals surface area contributed by atoms with Gasteiger partial charge in [-0.3, -0.25) is 20.2 Å². The van der Waals surface area contributed by atoms with Gasteiger partial charge in [0.2, 0.25) is 0 Å². The van der Waals surface area contributed by atoms with E-state index in [1.165, 1.54) is 30.5 Å². The molecule has 0 aliphatic carbocycles. The second-order valence-electron chi connectivity index (χ2n) is 6.06. The standard InChI is InChI=1S/C19H12F2N4O4S/c20-18(21)29-16-4-2-1-3-11(16)15-9-30-19(23-15)24-17(26)13-8-22-14-6-5-10(25(27)28)7-12(13)14/h1-9,18,22H,(H,23,24,26). The normalized spacial score (nSPS) is 11.0. The number of carbonyl (C=O) groups is 1. The molecular weight excluding hydrogens is 418 g/mol. The Labute approximate surface area is 171 Å². The Morgan fingerprint density at radius 3 is 2.83 bits per heavy atom. The number of rotatable bonds is 6. The number of H-pyrrole nitrogens is 1. The summed E-state index contributed by atoms with van der Waals surface area (Å²) in [6.07, 6.45) is 1.45. The van der Waals surface area contributed by atoms with Gasteiger partial charge in [0.05, 0.1) is 16.2 Å². The van der Waals surface area contributed by atoms with Crippen molar-refractivity contribution in [1.82, 2.24) is 9.97 Å². The van der Waals surface area contributed by atoms with Gasteiger partial charge in [-0.2, -0.15) is 8.78 Å². The number of hydrogen-bond donors (Lipinski definition) is 2. The smallest absolute Gasteiger partial charge is 0.387 e. The van der Waals surface area contributed by atoms with Crippen LogP contribution in [0.25, 0.3) is 22.2 Å². The minimum atomic E-state index is -2.98. The number of nitrogens with one attached hydrogen (secondary N) is 2. The molecule has 4 rings (SSSR count).